The molecule has 9 heteroatoms. The van der Waals surface area contributed by atoms with Crippen molar-refractivity contribution in [2.45, 2.75) is 77.3 Å². The number of nitrogens with one attached hydrogen (secondary N) is 1. The zero-order valence-corrected chi connectivity index (χ0v) is 22.1. The Morgan fingerprint density at radius 3 is 2.43 bits per heavy atom. The predicted molar refractivity (Wildman–Crippen MR) is 135 cm³/mol. The Hall–Kier alpha value is -2.52. The average molecular weight is 503 g/mol. The molecule has 2 heterocycles. The minimum absolute atomic E-state index is 0.0477. The van der Waals surface area contributed by atoms with Crippen LogP contribution in [0.2, 0.25) is 0 Å². The first-order valence-corrected chi connectivity index (χ1v) is 13.5. The van der Waals surface area contributed by atoms with Gasteiger partial charge in [0, 0.05) is 31.2 Å². The standard InChI is InChI=1S/C26H35FN4O3S/c1-25(2,3)16-31-21-12-11-20(28-23(21)30(6)24(31)32)17-13-14-26(4,5)22(15-17)29-35(33,34)19-9-7-18(27)8-10-19/h7-12,17,22,29H,13-16H2,1-6H3. The molecule has 0 spiro atoms. The number of fused-ring (bicyclic) bond motifs is 1. The molecule has 35 heavy (non-hydrogen) atoms. The Labute approximate surface area is 206 Å². The second-order valence-corrected chi connectivity index (χ2v) is 13.4. The number of hydrogen-bond donors (Lipinski definition) is 1. The van der Waals surface area contributed by atoms with Gasteiger partial charge in [-0.1, -0.05) is 34.6 Å². The lowest BCUT2D eigenvalue weighted by Gasteiger charge is -2.42. The second kappa shape index (κ2) is 8.85. The SMILES string of the molecule is Cn1c(=O)n(CC(C)(C)C)c2ccc(C3CCC(C)(C)C(NS(=O)(=O)c4ccc(F)cc4)C3)nc21. The summed E-state index contributed by atoms with van der Waals surface area (Å²) in [6, 6.07) is 8.48. The van der Waals surface area contributed by atoms with Gasteiger partial charge in [-0.3, -0.25) is 9.13 Å². The van der Waals surface area contributed by atoms with Gasteiger partial charge in [0.2, 0.25) is 10.0 Å². The molecule has 0 aliphatic heterocycles. The summed E-state index contributed by atoms with van der Waals surface area (Å²) in [5, 5.41) is 0. The van der Waals surface area contributed by atoms with E-state index in [-0.39, 0.29) is 33.4 Å². The van der Waals surface area contributed by atoms with Gasteiger partial charge < -0.3 is 0 Å². The number of halogens is 1. The van der Waals surface area contributed by atoms with Crippen molar-refractivity contribution in [1.29, 1.82) is 0 Å². The molecule has 1 N–H and O–H groups in total. The van der Waals surface area contributed by atoms with Crippen LogP contribution < -0.4 is 10.4 Å². The minimum Gasteiger partial charge on any atom is -0.290 e. The van der Waals surface area contributed by atoms with E-state index in [1.807, 2.05) is 12.1 Å². The summed E-state index contributed by atoms with van der Waals surface area (Å²) in [6.45, 7) is 11.0. The molecular formula is C26H35FN4O3S. The third-order valence-electron chi connectivity index (χ3n) is 7.08. The Balaban J connectivity index is 1.63. The van der Waals surface area contributed by atoms with E-state index in [9.17, 15) is 17.6 Å². The van der Waals surface area contributed by atoms with Crippen LogP contribution in [0.1, 0.15) is 65.5 Å². The topological polar surface area (TPSA) is 86.0 Å². The van der Waals surface area contributed by atoms with Crippen molar-refractivity contribution in [3.63, 3.8) is 0 Å². The van der Waals surface area contributed by atoms with Gasteiger partial charge in [-0.15, -0.1) is 0 Å². The van der Waals surface area contributed by atoms with Gasteiger partial charge in [-0.05, 0) is 66.5 Å². The van der Waals surface area contributed by atoms with Crippen molar-refractivity contribution in [1.82, 2.24) is 18.8 Å². The summed E-state index contributed by atoms with van der Waals surface area (Å²) in [6.07, 6.45) is 2.28. The fraction of sp³-hybridized carbons (Fsp3) is 0.538. The Kier molecular flexibility index (Phi) is 6.47. The molecular weight excluding hydrogens is 467 g/mol. The first-order chi connectivity index (χ1) is 16.2. The first kappa shape index (κ1) is 25.6. The number of hydrogen-bond acceptors (Lipinski definition) is 4. The number of sulfonamides is 1. The molecule has 1 saturated carbocycles. The maximum atomic E-state index is 13.3. The normalized spacial score (nSPS) is 20.9. The highest BCUT2D eigenvalue weighted by atomic mass is 32.2. The van der Waals surface area contributed by atoms with Crippen molar-refractivity contribution in [3.05, 3.63) is 58.4 Å². The van der Waals surface area contributed by atoms with Crippen LogP contribution in [0, 0.1) is 16.6 Å². The number of benzene rings is 1. The van der Waals surface area contributed by atoms with Crippen LogP contribution >= 0.6 is 0 Å². The monoisotopic (exact) mass is 502 g/mol. The van der Waals surface area contributed by atoms with Crippen molar-refractivity contribution >= 4 is 21.2 Å². The van der Waals surface area contributed by atoms with E-state index in [1.54, 1.807) is 16.2 Å². The van der Waals surface area contributed by atoms with Gasteiger partial charge in [0.25, 0.3) is 0 Å². The van der Waals surface area contributed by atoms with Crippen molar-refractivity contribution in [3.8, 4) is 0 Å². The number of aromatic nitrogens is 3. The maximum Gasteiger partial charge on any atom is 0.330 e. The predicted octanol–water partition coefficient (Wildman–Crippen LogP) is 4.56. The molecule has 2 unspecified atom stereocenters. The molecule has 1 aliphatic carbocycles. The van der Waals surface area contributed by atoms with Crippen LogP contribution in [0.3, 0.4) is 0 Å². The van der Waals surface area contributed by atoms with Crippen LogP contribution in [-0.4, -0.2) is 28.6 Å². The summed E-state index contributed by atoms with van der Waals surface area (Å²) in [5.41, 5.74) is 1.92. The average Bonchev–Trinajstić information content (AvgIpc) is 2.98. The highest BCUT2D eigenvalue weighted by Crippen LogP contribution is 2.43. The smallest absolute Gasteiger partial charge is 0.290 e. The molecule has 2 atom stereocenters. The van der Waals surface area contributed by atoms with Crippen molar-refractivity contribution in [2.24, 2.45) is 17.9 Å². The summed E-state index contributed by atoms with van der Waals surface area (Å²) in [7, 11) is -2.06. The van der Waals surface area contributed by atoms with E-state index in [2.05, 4.69) is 39.3 Å². The van der Waals surface area contributed by atoms with Gasteiger partial charge >= 0.3 is 5.69 Å². The Morgan fingerprint density at radius 2 is 1.80 bits per heavy atom. The zero-order chi connectivity index (χ0) is 25.8. The van der Waals surface area contributed by atoms with E-state index in [1.165, 1.54) is 12.1 Å². The molecule has 4 rings (SSSR count). The van der Waals surface area contributed by atoms with Gasteiger partial charge in [-0.2, -0.15) is 0 Å². The molecule has 0 amide bonds. The molecule has 0 saturated heterocycles. The van der Waals surface area contributed by atoms with E-state index in [0.717, 1.165) is 36.2 Å². The summed E-state index contributed by atoms with van der Waals surface area (Å²) < 4.78 is 45.6. The zero-order valence-electron chi connectivity index (χ0n) is 21.3. The number of rotatable bonds is 5. The number of imidazole rings is 1. The van der Waals surface area contributed by atoms with E-state index < -0.39 is 15.8 Å². The Bertz CT molecular complexity index is 1400. The molecule has 2 aromatic heterocycles. The quantitative estimate of drug-likeness (QED) is 0.554. The number of aryl methyl sites for hydroxylation is 1. The van der Waals surface area contributed by atoms with Crippen LogP contribution in [0.4, 0.5) is 4.39 Å². The summed E-state index contributed by atoms with van der Waals surface area (Å²) in [5.74, 6) is -0.427. The third-order valence-corrected chi connectivity index (χ3v) is 8.56. The molecule has 0 bridgehead atoms. The highest BCUT2D eigenvalue weighted by molar-refractivity contribution is 7.89. The minimum atomic E-state index is -3.80. The lowest BCUT2D eigenvalue weighted by Crippen LogP contribution is -2.48. The van der Waals surface area contributed by atoms with Gasteiger partial charge in [0.1, 0.15) is 5.82 Å². The van der Waals surface area contributed by atoms with Gasteiger partial charge in [0.05, 0.1) is 10.4 Å². The van der Waals surface area contributed by atoms with E-state index >= 15 is 0 Å². The lowest BCUT2D eigenvalue weighted by atomic mass is 9.69. The molecule has 1 aliphatic rings. The van der Waals surface area contributed by atoms with Crippen molar-refractivity contribution in [2.75, 3.05) is 0 Å². The fourth-order valence-corrected chi connectivity index (χ4v) is 6.35. The maximum absolute atomic E-state index is 13.3. The van der Waals surface area contributed by atoms with Crippen LogP contribution in [0.15, 0.2) is 46.1 Å². The van der Waals surface area contributed by atoms with E-state index in [0.29, 0.717) is 18.6 Å². The number of pyridine rings is 1. The van der Waals surface area contributed by atoms with Gasteiger partial charge in [0.15, 0.2) is 5.65 Å². The van der Waals surface area contributed by atoms with Crippen LogP contribution in [-0.2, 0) is 23.6 Å². The molecule has 190 valence electrons. The molecule has 3 aromatic rings. The summed E-state index contributed by atoms with van der Waals surface area (Å²) in [4.78, 5) is 17.8. The summed E-state index contributed by atoms with van der Waals surface area (Å²) >= 11 is 0. The van der Waals surface area contributed by atoms with Crippen LogP contribution in [0.25, 0.3) is 11.2 Å². The lowest BCUT2D eigenvalue weighted by molar-refractivity contribution is 0.170. The van der Waals surface area contributed by atoms with Gasteiger partial charge in [-0.25, -0.2) is 27.3 Å². The molecule has 0 radical (unpaired) electrons. The first-order valence-electron chi connectivity index (χ1n) is 12.0. The molecule has 7 nitrogen and oxygen atoms in total. The molecule has 1 fully saturated rings. The molecule has 1 aromatic carbocycles. The number of nitrogens with zero attached hydrogens (tertiary/aromatic N) is 3. The fourth-order valence-electron chi connectivity index (χ4n) is 4.93. The van der Waals surface area contributed by atoms with Crippen molar-refractivity contribution < 1.29 is 12.8 Å². The van der Waals surface area contributed by atoms with Crippen LogP contribution in [0.5, 0.6) is 0 Å². The second-order valence-electron chi connectivity index (χ2n) is 11.7. The Morgan fingerprint density at radius 1 is 1.14 bits per heavy atom. The highest BCUT2D eigenvalue weighted by Gasteiger charge is 2.40. The third kappa shape index (κ3) is 5.21. The largest absolute Gasteiger partial charge is 0.330 e. The van der Waals surface area contributed by atoms with E-state index in [4.69, 9.17) is 4.98 Å².